The molecule has 0 aliphatic rings. The third-order valence-electron chi connectivity index (χ3n) is 1.92. The lowest BCUT2D eigenvalue weighted by Crippen LogP contribution is -2.16. The average Bonchev–Trinajstić information content (AvgIpc) is 2.69. The summed E-state index contributed by atoms with van der Waals surface area (Å²) in [6.45, 7) is 0. The first-order valence-corrected chi connectivity index (χ1v) is 4.39. The van der Waals surface area contributed by atoms with Gasteiger partial charge in [0.2, 0.25) is 0 Å². The predicted molar refractivity (Wildman–Crippen MR) is 50.7 cm³/mol. The molecule has 0 spiro atoms. The molecule has 0 fully saturated rings. The normalized spacial score (nSPS) is 11.4. The molecule has 0 atom stereocenters. The molecule has 0 bridgehead atoms. The Bertz CT molecular complexity index is 448. The number of H-pyrrole nitrogens is 1. The Hall–Kier alpha value is -1.98. The molecule has 1 heterocycles. The second-order valence-electron chi connectivity index (χ2n) is 3.06. The number of halogens is 3. The van der Waals surface area contributed by atoms with E-state index in [1.54, 1.807) is 12.4 Å². The predicted octanol–water partition coefficient (Wildman–Crippen LogP) is 2.98. The van der Waals surface area contributed by atoms with E-state index >= 15 is 0 Å². The highest BCUT2D eigenvalue weighted by molar-refractivity contribution is 5.62. The molecular weight excluding hydrogens is 221 g/mol. The van der Waals surface area contributed by atoms with Crippen LogP contribution in [0.4, 0.5) is 13.2 Å². The fraction of sp³-hybridized carbons (Fsp3) is 0.100. The lowest BCUT2D eigenvalue weighted by Gasteiger charge is -2.08. The summed E-state index contributed by atoms with van der Waals surface area (Å²) < 4.78 is 39.4. The van der Waals surface area contributed by atoms with Crippen molar-refractivity contribution in [2.24, 2.45) is 0 Å². The van der Waals surface area contributed by atoms with E-state index in [1.807, 2.05) is 0 Å². The van der Waals surface area contributed by atoms with Gasteiger partial charge in [0.25, 0.3) is 0 Å². The number of rotatable bonds is 2. The Morgan fingerprint density at radius 1 is 1.06 bits per heavy atom. The van der Waals surface area contributed by atoms with Gasteiger partial charge in [-0.25, -0.2) is 0 Å². The molecule has 0 aliphatic heterocycles. The summed E-state index contributed by atoms with van der Waals surface area (Å²) in [6.07, 6.45) is -1.42. The molecule has 16 heavy (non-hydrogen) atoms. The molecule has 0 unspecified atom stereocenters. The molecule has 1 aromatic carbocycles. The summed E-state index contributed by atoms with van der Waals surface area (Å²) in [5.74, 6) is -0.236. The van der Waals surface area contributed by atoms with E-state index in [0.717, 1.165) is 11.1 Å². The van der Waals surface area contributed by atoms with Crippen molar-refractivity contribution in [1.29, 1.82) is 0 Å². The van der Waals surface area contributed by atoms with E-state index in [2.05, 4.69) is 14.9 Å². The second-order valence-corrected chi connectivity index (χ2v) is 3.06. The SMILES string of the molecule is FC(F)(F)Oc1ccc(-c2cn[nH]c2)cc1. The lowest BCUT2D eigenvalue weighted by molar-refractivity contribution is -0.274. The van der Waals surface area contributed by atoms with Crippen molar-refractivity contribution < 1.29 is 17.9 Å². The van der Waals surface area contributed by atoms with Crippen molar-refractivity contribution in [3.05, 3.63) is 36.7 Å². The topological polar surface area (TPSA) is 37.9 Å². The highest BCUT2D eigenvalue weighted by Crippen LogP contribution is 2.25. The largest absolute Gasteiger partial charge is 0.573 e. The average molecular weight is 228 g/mol. The minimum absolute atomic E-state index is 0.236. The van der Waals surface area contributed by atoms with Gasteiger partial charge in [-0.15, -0.1) is 13.2 Å². The van der Waals surface area contributed by atoms with Crippen LogP contribution in [0.1, 0.15) is 0 Å². The standard InChI is InChI=1S/C10H7F3N2O/c11-10(12,13)16-9-3-1-7(2-4-9)8-5-14-15-6-8/h1-6H,(H,14,15). The number of nitrogens with zero attached hydrogens (tertiary/aromatic N) is 1. The van der Waals surface area contributed by atoms with Crippen molar-refractivity contribution in [1.82, 2.24) is 10.2 Å². The van der Waals surface area contributed by atoms with Gasteiger partial charge in [-0.05, 0) is 17.7 Å². The first kappa shape index (κ1) is 10.5. The Balaban J connectivity index is 2.17. The van der Waals surface area contributed by atoms with Gasteiger partial charge in [-0.2, -0.15) is 5.10 Å². The molecule has 0 aliphatic carbocycles. The van der Waals surface area contributed by atoms with E-state index < -0.39 is 6.36 Å². The van der Waals surface area contributed by atoms with Gasteiger partial charge in [0.1, 0.15) is 5.75 Å². The molecule has 0 radical (unpaired) electrons. The van der Waals surface area contributed by atoms with Crippen LogP contribution in [0.5, 0.6) is 5.75 Å². The van der Waals surface area contributed by atoms with Gasteiger partial charge >= 0.3 is 6.36 Å². The fourth-order valence-corrected chi connectivity index (χ4v) is 1.26. The number of aromatic nitrogens is 2. The van der Waals surface area contributed by atoms with Crippen molar-refractivity contribution >= 4 is 0 Å². The van der Waals surface area contributed by atoms with E-state index in [-0.39, 0.29) is 5.75 Å². The van der Waals surface area contributed by atoms with Crippen LogP contribution in [0.3, 0.4) is 0 Å². The van der Waals surface area contributed by atoms with Crippen LogP contribution in [0.2, 0.25) is 0 Å². The Kier molecular flexibility index (Phi) is 2.55. The van der Waals surface area contributed by atoms with E-state index in [4.69, 9.17) is 0 Å². The van der Waals surface area contributed by atoms with Gasteiger partial charge in [0.15, 0.2) is 0 Å². The van der Waals surface area contributed by atoms with Gasteiger partial charge in [-0.1, -0.05) is 12.1 Å². The number of hydrogen-bond acceptors (Lipinski definition) is 2. The number of benzene rings is 1. The number of ether oxygens (including phenoxy) is 1. The quantitative estimate of drug-likeness (QED) is 0.857. The first-order valence-electron chi connectivity index (χ1n) is 4.39. The van der Waals surface area contributed by atoms with Crippen molar-refractivity contribution in [3.8, 4) is 16.9 Å². The smallest absolute Gasteiger partial charge is 0.406 e. The molecule has 1 N–H and O–H groups in total. The fourth-order valence-electron chi connectivity index (χ4n) is 1.26. The van der Waals surface area contributed by atoms with Crippen molar-refractivity contribution in [3.63, 3.8) is 0 Å². The van der Waals surface area contributed by atoms with Gasteiger partial charge in [0.05, 0.1) is 6.20 Å². The summed E-state index contributed by atoms with van der Waals surface area (Å²) >= 11 is 0. The third-order valence-corrected chi connectivity index (χ3v) is 1.92. The summed E-state index contributed by atoms with van der Waals surface area (Å²) in [4.78, 5) is 0. The van der Waals surface area contributed by atoms with Crippen molar-refractivity contribution in [2.45, 2.75) is 6.36 Å². The molecule has 3 nitrogen and oxygen atoms in total. The Morgan fingerprint density at radius 2 is 1.75 bits per heavy atom. The number of alkyl halides is 3. The highest BCUT2D eigenvalue weighted by Gasteiger charge is 2.30. The second kappa shape index (κ2) is 3.88. The maximum Gasteiger partial charge on any atom is 0.573 e. The summed E-state index contributed by atoms with van der Waals surface area (Å²) in [7, 11) is 0. The molecule has 84 valence electrons. The first-order chi connectivity index (χ1) is 7.54. The minimum atomic E-state index is -4.66. The van der Waals surface area contributed by atoms with E-state index in [9.17, 15) is 13.2 Å². The third kappa shape index (κ3) is 2.53. The molecule has 0 saturated carbocycles. The summed E-state index contributed by atoms with van der Waals surface area (Å²) in [5.41, 5.74) is 1.57. The number of hydrogen-bond donors (Lipinski definition) is 1. The van der Waals surface area contributed by atoms with Crippen LogP contribution < -0.4 is 4.74 Å². The van der Waals surface area contributed by atoms with Crippen LogP contribution in [0, 0.1) is 0 Å². The Labute approximate surface area is 88.9 Å². The minimum Gasteiger partial charge on any atom is -0.406 e. The molecule has 1 aromatic heterocycles. The van der Waals surface area contributed by atoms with Gasteiger partial charge in [-0.3, -0.25) is 5.10 Å². The molecule has 0 saturated heterocycles. The van der Waals surface area contributed by atoms with Gasteiger partial charge < -0.3 is 4.74 Å². The monoisotopic (exact) mass is 228 g/mol. The zero-order chi connectivity index (χ0) is 11.6. The molecule has 6 heteroatoms. The lowest BCUT2D eigenvalue weighted by atomic mass is 10.1. The zero-order valence-electron chi connectivity index (χ0n) is 7.95. The maximum absolute atomic E-state index is 11.9. The molecule has 2 aromatic rings. The van der Waals surface area contributed by atoms with Crippen molar-refractivity contribution in [2.75, 3.05) is 0 Å². The highest BCUT2D eigenvalue weighted by atomic mass is 19.4. The molecular formula is C10H7F3N2O. The zero-order valence-corrected chi connectivity index (χ0v) is 7.95. The van der Waals surface area contributed by atoms with E-state index in [0.29, 0.717) is 0 Å². The van der Waals surface area contributed by atoms with Gasteiger partial charge in [0, 0.05) is 11.8 Å². The summed E-state index contributed by atoms with van der Waals surface area (Å²) in [5, 5.41) is 6.36. The number of nitrogens with one attached hydrogen (secondary N) is 1. The summed E-state index contributed by atoms with van der Waals surface area (Å²) in [6, 6.07) is 5.59. The van der Waals surface area contributed by atoms with Crippen LogP contribution in [-0.2, 0) is 0 Å². The van der Waals surface area contributed by atoms with Crippen LogP contribution in [0.15, 0.2) is 36.7 Å². The van der Waals surface area contributed by atoms with Crippen LogP contribution in [-0.4, -0.2) is 16.6 Å². The van der Waals surface area contributed by atoms with Crippen LogP contribution in [0.25, 0.3) is 11.1 Å². The van der Waals surface area contributed by atoms with Crippen LogP contribution >= 0.6 is 0 Å². The number of aromatic amines is 1. The van der Waals surface area contributed by atoms with E-state index in [1.165, 1.54) is 24.3 Å². The maximum atomic E-state index is 11.9. The molecule has 0 amide bonds. The molecule has 2 rings (SSSR count). The Morgan fingerprint density at radius 3 is 2.25 bits per heavy atom.